The summed E-state index contributed by atoms with van der Waals surface area (Å²) in [6.45, 7) is 1.56. The molecule has 2 heterocycles. The molecular weight excluding hydrogens is 326 g/mol. The second-order valence-corrected chi connectivity index (χ2v) is 6.91. The van der Waals surface area contributed by atoms with Crippen LogP contribution in [-0.4, -0.2) is 31.0 Å². The predicted octanol–water partition coefficient (Wildman–Crippen LogP) is 4.54. The lowest BCUT2D eigenvalue weighted by Crippen LogP contribution is -2.38. The third-order valence-corrected chi connectivity index (χ3v) is 5.21. The van der Waals surface area contributed by atoms with Crippen molar-refractivity contribution in [1.82, 2.24) is 4.90 Å². The number of furan rings is 1. The van der Waals surface area contributed by atoms with Gasteiger partial charge >= 0.3 is 0 Å². The van der Waals surface area contributed by atoms with E-state index in [4.69, 9.17) is 9.15 Å². The van der Waals surface area contributed by atoms with Crippen LogP contribution in [0.5, 0.6) is 5.75 Å². The SMILES string of the molecule is COc1cccc2cc(C(=O)N3CCC(Cc4ccccc4)CC3)oc12. The first kappa shape index (κ1) is 16.7. The van der Waals surface area contributed by atoms with Gasteiger partial charge in [0.25, 0.3) is 5.91 Å². The van der Waals surface area contributed by atoms with Crippen LogP contribution in [0.15, 0.2) is 59.0 Å². The highest BCUT2D eigenvalue weighted by atomic mass is 16.5. The van der Waals surface area contributed by atoms with Crippen molar-refractivity contribution in [3.8, 4) is 5.75 Å². The van der Waals surface area contributed by atoms with E-state index in [0.29, 0.717) is 23.0 Å². The molecule has 1 aliphatic rings. The molecule has 0 aliphatic carbocycles. The number of methoxy groups -OCH3 is 1. The Morgan fingerprint density at radius 2 is 1.88 bits per heavy atom. The van der Waals surface area contributed by atoms with Gasteiger partial charge in [-0.2, -0.15) is 0 Å². The molecule has 134 valence electrons. The molecule has 0 spiro atoms. The molecule has 2 aromatic carbocycles. The summed E-state index contributed by atoms with van der Waals surface area (Å²) >= 11 is 0. The second kappa shape index (κ2) is 7.24. The number of likely N-dealkylation sites (tertiary alicyclic amines) is 1. The van der Waals surface area contributed by atoms with Crippen molar-refractivity contribution < 1.29 is 13.9 Å². The molecule has 0 unspecified atom stereocenters. The lowest BCUT2D eigenvalue weighted by atomic mass is 9.90. The van der Waals surface area contributed by atoms with Crippen molar-refractivity contribution in [2.45, 2.75) is 19.3 Å². The maximum atomic E-state index is 12.8. The number of para-hydroxylation sites is 1. The van der Waals surface area contributed by atoms with E-state index in [1.807, 2.05) is 35.2 Å². The van der Waals surface area contributed by atoms with Crippen LogP contribution in [0, 0.1) is 5.92 Å². The van der Waals surface area contributed by atoms with Gasteiger partial charge in [0.2, 0.25) is 0 Å². The number of fused-ring (bicyclic) bond motifs is 1. The van der Waals surface area contributed by atoms with Crippen LogP contribution in [0.2, 0.25) is 0 Å². The zero-order valence-corrected chi connectivity index (χ0v) is 15.0. The number of hydrogen-bond donors (Lipinski definition) is 0. The van der Waals surface area contributed by atoms with Gasteiger partial charge in [-0.15, -0.1) is 0 Å². The Balaban J connectivity index is 1.42. The summed E-state index contributed by atoms with van der Waals surface area (Å²) in [6.07, 6.45) is 3.15. The highest BCUT2D eigenvalue weighted by Crippen LogP contribution is 2.30. The molecule has 4 rings (SSSR count). The number of amides is 1. The summed E-state index contributed by atoms with van der Waals surface area (Å²) in [6, 6.07) is 18.1. The monoisotopic (exact) mass is 349 g/mol. The Hall–Kier alpha value is -2.75. The fraction of sp³-hybridized carbons (Fsp3) is 0.318. The lowest BCUT2D eigenvalue weighted by molar-refractivity contribution is 0.0660. The molecule has 26 heavy (non-hydrogen) atoms. The summed E-state index contributed by atoms with van der Waals surface area (Å²) in [7, 11) is 1.61. The number of carbonyl (C=O) groups is 1. The van der Waals surface area contributed by atoms with Crippen LogP contribution in [0.4, 0.5) is 0 Å². The van der Waals surface area contributed by atoms with Crippen molar-refractivity contribution in [1.29, 1.82) is 0 Å². The fourth-order valence-corrected chi connectivity index (χ4v) is 3.75. The van der Waals surface area contributed by atoms with Gasteiger partial charge in [-0.05, 0) is 42.9 Å². The molecule has 0 saturated carbocycles. The zero-order valence-electron chi connectivity index (χ0n) is 15.0. The summed E-state index contributed by atoms with van der Waals surface area (Å²) in [5, 5.41) is 0.895. The van der Waals surface area contributed by atoms with Crippen molar-refractivity contribution in [2.24, 2.45) is 5.92 Å². The van der Waals surface area contributed by atoms with Gasteiger partial charge in [-0.1, -0.05) is 42.5 Å². The average molecular weight is 349 g/mol. The summed E-state index contributed by atoms with van der Waals surface area (Å²) in [5.74, 6) is 1.66. The number of nitrogens with zero attached hydrogens (tertiary/aromatic N) is 1. The van der Waals surface area contributed by atoms with Crippen LogP contribution in [0.3, 0.4) is 0 Å². The second-order valence-electron chi connectivity index (χ2n) is 6.91. The molecule has 4 nitrogen and oxygen atoms in total. The maximum Gasteiger partial charge on any atom is 0.289 e. The van der Waals surface area contributed by atoms with Gasteiger partial charge in [0.15, 0.2) is 17.1 Å². The first-order chi connectivity index (χ1) is 12.7. The van der Waals surface area contributed by atoms with Crippen LogP contribution in [0.1, 0.15) is 29.0 Å². The number of ether oxygens (including phenoxy) is 1. The first-order valence-corrected chi connectivity index (χ1v) is 9.14. The molecule has 0 bridgehead atoms. The normalized spacial score (nSPS) is 15.3. The van der Waals surface area contributed by atoms with Gasteiger partial charge in [-0.3, -0.25) is 4.79 Å². The molecule has 1 aliphatic heterocycles. The quantitative estimate of drug-likeness (QED) is 0.695. The van der Waals surface area contributed by atoms with E-state index in [2.05, 4.69) is 24.3 Å². The third kappa shape index (κ3) is 3.32. The molecule has 0 N–H and O–H groups in total. The molecule has 1 saturated heterocycles. The van der Waals surface area contributed by atoms with E-state index in [9.17, 15) is 4.79 Å². The molecule has 1 fully saturated rings. The Morgan fingerprint density at radius 3 is 2.62 bits per heavy atom. The Kier molecular flexibility index (Phi) is 4.65. The van der Waals surface area contributed by atoms with Crippen molar-refractivity contribution >= 4 is 16.9 Å². The fourth-order valence-electron chi connectivity index (χ4n) is 3.75. The zero-order chi connectivity index (χ0) is 17.9. The van der Waals surface area contributed by atoms with Crippen molar-refractivity contribution in [2.75, 3.05) is 20.2 Å². The molecule has 0 radical (unpaired) electrons. The highest BCUT2D eigenvalue weighted by molar-refractivity contribution is 5.97. The topological polar surface area (TPSA) is 42.7 Å². The van der Waals surface area contributed by atoms with E-state index < -0.39 is 0 Å². The van der Waals surface area contributed by atoms with E-state index in [-0.39, 0.29) is 5.91 Å². The Morgan fingerprint density at radius 1 is 1.12 bits per heavy atom. The molecule has 1 amide bonds. The molecular formula is C22H23NO3. The maximum absolute atomic E-state index is 12.8. The Labute approximate surface area is 153 Å². The van der Waals surface area contributed by atoms with Gasteiger partial charge in [0.1, 0.15) is 0 Å². The van der Waals surface area contributed by atoms with Crippen LogP contribution < -0.4 is 4.74 Å². The molecule has 1 aromatic heterocycles. The van der Waals surface area contributed by atoms with E-state index in [0.717, 1.165) is 37.7 Å². The number of carbonyl (C=O) groups excluding carboxylic acids is 1. The van der Waals surface area contributed by atoms with Crippen molar-refractivity contribution in [3.63, 3.8) is 0 Å². The predicted molar refractivity (Wildman–Crippen MR) is 102 cm³/mol. The summed E-state index contributed by atoms with van der Waals surface area (Å²) in [4.78, 5) is 14.7. The average Bonchev–Trinajstić information content (AvgIpc) is 3.13. The van der Waals surface area contributed by atoms with E-state index >= 15 is 0 Å². The van der Waals surface area contributed by atoms with Gasteiger partial charge in [0.05, 0.1) is 7.11 Å². The number of benzene rings is 2. The minimum absolute atomic E-state index is 0.0265. The lowest BCUT2D eigenvalue weighted by Gasteiger charge is -2.31. The number of hydrogen-bond acceptors (Lipinski definition) is 3. The van der Waals surface area contributed by atoms with Crippen LogP contribution in [-0.2, 0) is 6.42 Å². The Bertz CT molecular complexity index is 892. The van der Waals surface area contributed by atoms with Gasteiger partial charge in [-0.25, -0.2) is 0 Å². The third-order valence-electron chi connectivity index (χ3n) is 5.21. The van der Waals surface area contributed by atoms with Crippen molar-refractivity contribution in [3.05, 3.63) is 65.9 Å². The number of piperidine rings is 1. The largest absolute Gasteiger partial charge is 0.493 e. The molecule has 0 atom stereocenters. The summed E-state index contributed by atoms with van der Waals surface area (Å²) < 4.78 is 11.1. The minimum atomic E-state index is -0.0265. The van der Waals surface area contributed by atoms with Gasteiger partial charge in [0, 0.05) is 18.5 Å². The smallest absolute Gasteiger partial charge is 0.289 e. The summed E-state index contributed by atoms with van der Waals surface area (Å²) in [5.41, 5.74) is 2.01. The van der Waals surface area contributed by atoms with Crippen LogP contribution in [0.25, 0.3) is 11.0 Å². The van der Waals surface area contributed by atoms with E-state index in [1.165, 1.54) is 5.56 Å². The molecule has 4 heteroatoms. The molecule has 3 aromatic rings. The highest BCUT2D eigenvalue weighted by Gasteiger charge is 2.26. The minimum Gasteiger partial charge on any atom is -0.493 e. The van der Waals surface area contributed by atoms with Crippen LogP contribution >= 0.6 is 0 Å². The first-order valence-electron chi connectivity index (χ1n) is 9.14. The van der Waals surface area contributed by atoms with E-state index in [1.54, 1.807) is 7.11 Å². The standard InChI is InChI=1S/C22H23NO3/c1-25-19-9-5-8-18-15-20(26-21(18)19)22(24)23-12-10-17(11-13-23)14-16-6-3-2-4-7-16/h2-9,15,17H,10-14H2,1H3. The number of rotatable bonds is 4. The van der Waals surface area contributed by atoms with Gasteiger partial charge < -0.3 is 14.1 Å².